The molecular weight excluding hydrogens is 524 g/mol. The van der Waals surface area contributed by atoms with E-state index in [2.05, 4.69) is 5.32 Å². The van der Waals surface area contributed by atoms with E-state index in [1.165, 1.54) is 33.2 Å². The van der Waals surface area contributed by atoms with Crippen LogP contribution in [0.4, 0.5) is 17.6 Å². The molecule has 0 unspecified atom stereocenters. The Morgan fingerprint density at radius 2 is 1.79 bits per heavy atom. The molecule has 0 saturated carbocycles. The van der Waals surface area contributed by atoms with Crippen molar-refractivity contribution in [3.8, 4) is 11.4 Å². The Morgan fingerprint density at radius 1 is 1.15 bits per heavy atom. The lowest BCUT2D eigenvalue weighted by Gasteiger charge is -2.32. The number of ether oxygens (including phenoxy) is 1. The number of hydrogen-bond acceptors (Lipinski definition) is 5. The van der Waals surface area contributed by atoms with Crippen LogP contribution in [0.5, 0.6) is 5.75 Å². The number of benzene rings is 1. The summed E-state index contributed by atoms with van der Waals surface area (Å²) >= 11 is 0. The van der Waals surface area contributed by atoms with Crippen LogP contribution < -0.4 is 15.6 Å². The second-order valence-corrected chi connectivity index (χ2v) is 9.29. The van der Waals surface area contributed by atoms with Gasteiger partial charge in [0.1, 0.15) is 17.8 Å². The molecule has 1 fully saturated rings. The molecular formula is C26H28F4N4O5. The Kier molecular flexibility index (Phi) is 8.00. The molecule has 0 radical (unpaired) electrons. The molecule has 0 aliphatic carbocycles. The van der Waals surface area contributed by atoms with E-state index in [-0.39, 0.29) is 16.6 Å². The number of aryl methyl sites for hydroxylation is 2. The average molecular weight is 553 g/mol. The lowest BCUT2D eigenvalue weighted by atomic mass is 10.0. The molecule has 1 aliphatic heterocycles. The van der Waals surface area contributed by atoms with Gasteiger partial charge in [-0.25, -0.2) is 4.39 Å². The molecule has 1 saturated heterocycles. The van der Waals surface area contributed by atoms with E-state index in [1.807, 2.05) is 0 Å². The van der Waals surface area contributed by atoms with E-state index < -0.39 is 54.4 Å². The summed E-state index contributed by atoms with van der Waals surface area (Å²) in [6, 6.07) is 6.28. The first kappa shape index (κ1) is 28.1. The maximum Gasteiger partial charge on any atom is 0.422 e. The highest BCUT2D eigenvalue weighted by Gasteiger charge is 2.34. The summed E-state index contributed by atoms with van der Waals surface area (Å²) in [7, 11) is 1.46. The number of carbonyl (C=O) groups is 2. The van der Waals surface area contributed by atoms with Gasteiger partial charge in [-0.1, -0.05) is 6.92 Å². The first-order valence-corrected chi connectivity index (χ1v) is 12.4. The van der Waals surface area contributed by atoms with Gasteiger partial charge in [0.2, 0.25) is 5.91 Å². The highest BCUT2D eigenvalue weighted by atomic mass is 19.4. The van der Waals surface area contributed by atoms with E-state index in [9.17, 15) is 31.9 Å². The number of nitrogens with one attached hydrogen (secondary N) is 1. The zero-order valence-electron chi connectivity index (χ0n) is 21.3. The predicted octanol–water partition coefficient (Wildman–Crippen LogP) is 2.68. The number of aliphatic hydroxyl groups is 1. The van der Waals surface area contributed by atoms with Crippen LogP contribution in [0.2, 0.25) is 0 Å². The van der Waals surface area contributed by atoms with Crippen molar-refractivity contribution < 1.29 is 37.0 Å². The van der Waals surface area contributed by atoms with Crippen molar-refractivity contribution in [1.82, 2.24) is 19.4 Å². The molecule has 2 N–H and O–H groups in total. The Balaban J connectivity index is 1.79. The van der Waals surface area contributed by atoms with Crippen molar-refractivity contribution in [2.45, 2.75) is 38.4 Å². The summed E-state index contributed by atoms with van der Waals surface area (Å²) in [6.45, 7) is 0.0199. The number of fused-ring (bicyclic) bond motifs is 1. The molecule has 13 heteroatoms. The Morgan fingerprint density at radius 3 is 2.36 bits per heavy atom. The maximum absolute atomic E-state index is 13.8. The molecule has 3 aromatic rings. The molecule has 1 aromatic carbocycles. The van der Waals surface area contributed by atoms with E-state index in [1.54, 1.807) is 13.0 Å². The summed E-state index contributed by atoms with van der Waals surface area (Å²) in [6.07, 6.45) is -3.63. The van der Waals surface area contributed by atoms with E-state index in [0.717, 1.165) is 12.1 Å². The fourth-order valence-corrected chi connectivity index (χ4v) is 4.83. The molecule has 0 atom stereocenters. The van der Waals surface area contributed by atoms with Crippen molar-refractivity contribution in [3.63, 3.8) is 0 Å². The first-order valence-electron chi connectivity index (χ1n) is 12.4. The number of hydrogen-bond donors (Lipinski definition) is 2. The maximum atomic E-state index is 13.8. The number of rotatable bonds is 7. The monoisotopic (exact) mass is 552 g/mol. The van der Waals surface area contributed by atoms with Gasteiger partial charge in [0.25, 0.3) is 11.5 Å². The molecule has 39 heavy (non-hydrogen) atoms. The highest BCUT2D eigenvalue weighted by Crippen LogP contribution is 2.33. The van der Waals surface area contributed by atoms with Gasteiger partial charge in [0, 0.05) is 37.6 Å². The molecule has 3 heterocycles. The van der Waals surface area contributed by atoms with Gasteiger partial charge in [-0.3, -0.25) is 19.0 Å². The number of halogens is 4. The quantitative estimate of drug-likeness (QED) is 0.439. The number of likely N-dealkylation sites (tertiary alicyclic amines) is 1. The second-order valence-electron chi connectivity index (χ2n) is 9.29. The van der Waals surface area contributed by atoms with Gasteiger partial charge in [-0.05, 0) is 49.6 Å². The van der Waals surface area contributed by atoms with Crippen molar-refractivity contribution in [3.05, 3.63) is 57.9 Å². The Labute approximate surface area is 220 Å². The third kappa shape index (κ3) is 5.77. The van der Waals surface area contributed by atoms with Gasteiger partial charge in [-0.2, -0.15) is 13.2 Å². The molecule has 2 aromatic heterocycles. The minimum Gasteiger partial charge on any atom is -0.481 e. The molecule has 210 valence electrons. The number of carbonyl (C=O) groups excluding carboxylic acids is 2. The SMILES string of the molecule is CCc1cc2c(c(OCC(F)(F)F)c(C(=O)NC3CCN(C(=O)CO)CC3)n2C)c(=O)n1-c1ccc(F)cc1. The van der Waals surface area contributed by atoms with Crippen LogP contribution in [0, 0.1) is 5.82 Å². The largest absolute Gasteiger partial charge is 0.481 e. The summed E-state index contributed by atoms with van der Waals surface area (Å²) in [5.74, 6) is -2.19. The molecule has 0 spiro atoms. The first-order chi connectivity index (χ1) is 18.4. The van der Waals surface area contributed by atoms with Gasteiger partial charge >= 0.3 is 6.18 Å². The fraction of sp³-hybridized carbons (Fsp3) is 0.423. The van der Waals surface area contributed by atoms with Gasteiger partial charge in [0.05, 0.1) is 5.52 Å². The standard InChI is InChI=1S/C26H28F4N4O5/c1-3-17-12-19-21(25(38)34(17)18-6-4-15(27)5-7-18)23(39-14-26(28,29)30)22(32(19)2)24(37)31-16-8-10-33(11-9-16)20(36)13-35/h4-7,12,16,35H,3,8-11,13-14H2,1-2H3,(H,31,37). The van der Waals surface area contributed by atoms with E-state index in [0.29, 0.717) is 43.7 Å². The summed E-state index contributed by atoms with van der Waals surface area (Å²) < 4.78 is 60.8. The number of pyridine rings is 1. The number of amides is 2. The Bertz CT molecular complexity index is 1440. The average Bonchev–Trinajstić information content (AvgIpc) is 3.19. The molecule has 4 rings (SSSR count). The third-order valence-electron chi connectivity index (χ3n) is 6.76. The normalized spacial score (nSPS) is 14.6. The number of piperidine rings is 1. The second kappa shape index (κ2) is 11.1. The topological polar surface area (TPSA) is 106 Å². The fourth-order valence-electron chi connectivity index (χ4n) is 4.83. The highest BCUT2D eigenvalue weighted by molar-refractivity contribution is 6.04. The summed E-state index contributed by atoms with van der Waals surface area (Å²) in [4.78, 5) is 40.3. The van der Waals surface area contributed by atoms with Crippen molar-refractivity contribution >= 4 is 22.7 Å². The van der Waals surface area contributed by atoms with Gasteiger partial charge in [0.15, 0.2) is 18.1 Å². The van der Waals surface area contributed by atoms with Crippen molar-refractivity contribution in [1.29, 1.82) is 0 Å². The van der Waals surface area contributed by atoms with Crippen LogP contribution >= 0.6 is 0 Å². The van der Waals surface area contributed by atoms with Crippen LogP contribution in [0.1, 0.15) is 35.9 Å². The third-order valence-corrected chi connectivity index (χ3v) is 6.76. The zero-order valence-corrected chi connectivity index (χ0v) is 21.3. The van der Waals surface area contributed by atoms with Gasteiger partial charge in [-0.15, -0.1) is 0 Å². The predicted molar refractivity (Wildman–Crippen MR) is 134 cm³/mol. The summed E-state index contributed by atoms with van der Waals surface area (Å²) in [5.41, 5.74) is 0.0505. The lowest BCUT2D eigenvalue weighted by Crippen LogP contribution is -2.47. The van der Waals surface area contributed by atoms with Crippen LogP contribution in [0.25, 0.3) is 16.6 Å². The van der Waals surface area contributed by atoms with Crippen LogP contribution in [-0.2, 0) is 18.3 Å². The minimum absolute atomic E-state index is 0.209. The number of nitrogens with zero attached hydrogens (tertiary/aromatic N) is 3. The number of alkyl halides is 3. The number of aliphatic hydroxyl groups excluding tert-OH is 1. The lowest BCUT2D eigenvalue weighted by molar-refractivity contribution is -0.153. The zero-order chi connectivity index (χ0) is 28.5. The molecule has 1 aliphatic rings. The molecule has 0 bridgehead atoms. The van der Waals surface area contributed by atoms with E-state index >= 15 is 0 Å². The number of aromatic nitrogens is 2. The Hall–Kier alpha value is -3.87. The summed E-state index contributed by atoms with van der Waals surface area (Å²) in [5, 5.41) is 11.6. The van der Waals surface area contributed by atoms with Crippen LogP contribution in [0.15, 0.2) is 35.1 Å². The minimum atomic E-state index is -4.73. The van der Waals surface area contributed by atoms with Crippen LogP contribution in [-0.4, -0.2) is 69.5 Å². The van der Waals surface area contributed by atoms with Crippen molar-refractivity contribution in [2.75, 3.05) is 26.3 Å². The molecule has 2 amide bonds. The van der Waals surface area contributed by atoms with E-state index in [4.69, 9.17) is 9.84 Å². The van der Waals surface area contributed by atoms with Crippen molar-refractivity contribution in [2.24, 2.45) is 7.05 Å². The van der Waals surface area contributed by atoms with Crippen LogP contribution in [0.3, 0.4) is 0 Å². The smallest absolute Gasteiger partial charge is 0.422 e. The molecule has 9 nitrogen and oxygen atoms in total. The van der Waals surface area contributed by atoms with Gasteiger partial charge < -0.3 is 24.6 Å².